The first-order chi connectivity index (χ1) is 18.3. The molecule has 10 nitrogen and oxygen atoms in total. The van der Waals surface area contributed by atoms with E-state index >= 15 is 0 Å². The Morgan fingerprint density at radius 3 is 1.42 bits per heavy atom. The molecular formula is C28H26O10. The lowest BCUT2D eigenvalue weighted by Gasteiger charge is -2.09. The third-order valence-corrected chi connectivity index (χ3v) is 5.91. The molecule has 2 aromatic carbocycles. The summed E-state index contributed by atoms with van der Waals surface area (Å²) in [4.78, 5) is 46.9. The maximum absolute atomic E-state index is 12.3. The van der Waals surface area contributed by atoms with E-state index in [-0.39, 0.29) is 21.9 Å². The summed E-state index contributed by atoms with van der Waals surface area (Å²) in [5, 5.41) is 18.6. The second kappa shape index (κ2) is 12.1. The van der Waals surface area contributed by atoms with E-state index in [1.165, 1.54) is 12.1 Å². The van der Waals surface area contributed by atoms with Crippen molar-refractivity contribution >= 4 is 33.9 Å². The van der Waals surface area contributed by atoms with Crippen LogP contribution in [-0.4, -0.2) is 35.4 Å². The van der Waals surface area contributed by atoms with Crippen molar-refractivity contribution in [1.82, 2.24) is 0 Å². The van der Waals surface area contributed by atoms with Crippen molar-refractivity contribution in [2.75, 3.05) is 13.2 Å². The summed E-state index contributed by atoms with van der Waals surface area (Å²) in [6.45, 7) is 0.825. The molecule has 0 aliphatic carbocycles. The smallest absolute Gasteiger partial charge is 0.371 e. The lowest BCUT2D eigenvalue weighted by molar-refractivity contribution is 0.0653. The van der Waals surface area contributed by atoms with E-state index in [4.69, 9.17) is 28.5 Å². The average Bonchev–Trinajstić information content (AvgIpc) is 2.89. The predicted octanol–water partition coefficient (Wildman–Crippen LogP) is 5.09. The third-order valence-electron chi connectivity index (χ3n) is 5.91. The molecule has 4 aromatic rings. The average molecular weight is 523 g/mol. The maximum Gasteiger partial charge on any atom is 0.371 e. The number of unbranched alkanes of at least 4 members (excludes halogenated alkanes) is 5. The molecule has 0 aliphatic heterocycles. The van der Waals surface area contributed by atoms with Crippen LogP contribution in [0.5, 0.6) is 11.5 Å². The molecule has 4 rings (SSSR count). The summed E-state index contributed by atoms with van der Waals surface area (Å²) < 4.78 is 22.1. The quantitative estimate of drug-likeness (QED) is 0.227. The standard InChI is InChI=1S/C28H26O10/c29-17-15-23(27(31)32)37-21-11-7-9-19(25(17)21)35-13-5-3-1-2-4-6-14-36-20-10-8-12-22-26(20)18(30)16-24(38-22)28(33)34/h7-12,15-16H,1-6,13-14H2,(H,31,32)(H,33,34). The van der Waals surface area contributed by atoms with Gasteiger partial charge in [0.15, 0.2) is 10.9 Å². The van der Waals surface area contributed by atoms with Gasteiger partial charge >= 0.3 is 11.9 Å². The molecule has 0 radical (unpaired) electrons. The van der Waals surface area contributed by atoms with Gasteiger partial charge in [0.25, 0.3) is 0 Å². The summed E-state index contributed by atoms with van der Waals surface area (Å²) in [7, 11) is 0. The van der Waals surface area contributed by atoms with Crippen molar-refractivity contribution in [2.45, 2.75) is 38.5 Å². The highest BCUT2D eigenvalue weighted by atomic mass is 16.5. The normalized spacial score (nSPS) is 11.1. The number of carbonyl (C=O) groups is 2. The number of hydrogen-bond donors (Lipinski definition) is 2. The van der Waals surface area contributed by atoms with E-state index in [0.29, 0.717) is 24.7 Å². The molecule has 0 saturated heterocycles. The second-order valence-electron chi connectivity index (χ2n) is 8.64. The SMILES string of the molecule is O=C(O)c1cc(=O)c2c(OCCCCCCCCOc3cccc4oc(C(=O)O)cc(=O)c34)cccc2o1. The molecule has 2 N–H and O–H groups in total. The summed E-state index contributed by atoms with van der Waals surface area (Å²) in [5.41, 5.74) is -0.584. The molecule has 0 aliphatic rings. The largest absolute Gasteiger partial charge is 0.493 e. The van der Waals surface area contributed by atoms with E-state index in [1.54, 1.807) is 24.3 Å². The summed E-state index contributed by atoms with van der Waals surface area (Å²) in [5.74, 6) is -2.71. The van der Waals surface area contributed by atoms with E-state index in [1.807, 2.05) is 0 Å². The molecule has 2 heterocycles. The van der Waals surface area contributed by atoms with Gasteiger partial charge in [0.2, 0.25) is 11.5 Å². The van der Waals surface area contributed by atoms with Gasteiger partial charge in [-0.15, -0.1) is 0 Å². The van der Waals surface area contributed by atoms with Crippen molar-refractivity contribution in [3.05, 3.63) is 80.5 Å². The van der Waals surface area contributed by atoms with Crippen LogP contribution in [0.25, 0.3) is 21.9 Å². The van der Waals surface area contributed by atoms with Gasteiger partial charge in [-0.1, -0.05) is 37.8 Å². The summed E-state index contributed by atoms with van der Waals surface area (Å²) >= 11 is 0. The van der Waals surface area contributed by atoms with Gasteiger partial charge in [0.05, 0.1) is 13.2 Å². The molecule has 0 atom stereocenters. The Labute approximate surface area is 216 Å². The fraction of sp³-hybridized carbons (Fsp3) is 0.286. The Morgan fingerprint density at radius 2 is 1.03 bits per heavy atom. The third kappa shape index (κ3) is 6.20. The molecule has 198 valence electrons. The second-order valence-corrected chi connectivity index (χ2v) is 8.64. The zero-order valence-electron chi connectivity index (χ0n) is 20.4. The monoisotopic (exact) mass is 522 g/mol. The van der Waals surface area contributed by atoms with Crippen LogP contribution in [0.1, 0.15) is 59.6 Å². The van der Waals surface area contributed by atoms with E-state index < -0.39 is 34.3 Å². The first kappa shape index (κ1) is 26.5. The Morgan fingerprint density at radius 1 is 0.632 bits per heavy atom. The first-order valence-corrected chi connectivity index (χ1v) is 12.2. The number of carboxylic acid groups (broad SMARTS) is 2. The molecule has 0 fully saturated rings. The fourth-order valence-corrected chi connectivity index (χ4v) is 4.08. The van der Waals surface area contributed by atoms with Gasteiger partial charge < -0.3 is 28.5 Å². The minimum Gasteiger partial charge on any atom is -0.493 e. The Bertz CT molecular complexity index is 1460. The summed E-state index contributed by atoms with van der Waals surface area (Å²) in [6, 6.07) is 11.6. The lowest BCUT2D eigenvalue weighted by Crippen LogP contribution is -2.08. The number of aromatic carboxylic acids is 2. The fourth-order valence-electron chi connectivity index (χ4n) is 4.08. The van der Waals surface area contributed by atoms with Gasteiger partial charge in [-0.2, -0.15) is 0 Å². The number of hydrogen-bond acceptors (Lipinski definition) is 8. The van der Waals surface area contributed by atoms with Crippen LogP contribution in [0.4, 0.5) is 0 Å². The topological polar surface area (TPSA) is 153 Å². The molecule has 0 unspecified atom stereocenters. The molecule has 38 heavy (non-hydrogen) atoms. The summed E-state index contributed by atoms with van der Waals surface area (Å²) in [6.07, 6.45) is 5.40. The van der Waals surface area contributed by atoms with Gasteiger partial charge in [-0.3, -0.25) is 9.59 Å². The van der Waals surface area contributed by atoms with Crippen molar-refractivity contribution in [3.8, 4) is 11.5 Å². The van der Waals surface area contributed by atoms with Gasteiger partial charge in [0, 0.05) is 12.1 Å². The Kier molecular flexibility index (Phi) is 8.42. The zero-order valence-corrected chi connectivity index (χ0v) is 20.4. The van der Waals surface area contributed by atoms with E-state index in [9.17, 15) is 19.2 Å². The number of carboxylic acids is 2. The van der Waals surface area contributed by atoms with Crippen molar-refractivity contribution < 1.29 is 38.1 Å². The number of rotatable bonds is 13. The Balaban J connectivity index is 1.17. The van der Waals surface area contributed by atoms with Crippen molar-refractivity contribution in [2.24, 2.45) is 0 Å². The minimum atomic E-state index is -1.31. The maximum atomic E-state index is 12.3. The van der Waals surface area contributed by atoms with Crippen LogP contribution in [-0.2, 0) is 0 Å². The zero-order chi connectivity index (χ0) is 27.1. The highest BCUT2D eigenvalue weighted by molar-refractivity contribution is 5.90. The number of ether oxygens (including phenoxy) is 2. The first-order valence-electron chi connectivity index (χ1n) is 12.2. The van der Waals surface area contributed by atoms with Gasteiger partial charge in [-0.25, -0.2) is 9.59 Å². The molecular weight excluding hydrogens is 496 g/mol. The molecule has 0 bridgehead atoms. The number of fused-ring (bicyclic) bond motifs is 2. The molecule has 0 saturated carbocycles. The highest BCUT2D eigenvalue weighted by Gasteiger charge is 2.15. The Hall–Kier alpha value is -4.60. The van der Waals surface area contributed by atoms with E-state index in [0.717, 1.165) is 50.7 Å². The predicted molar refractivity (Wildman–Crippen MR) is 138 cm³/mol. The van der Waals surface area contributed by atoms with E-state index in [2.05, 4.69) is 0 Å². The molecule has 0 amide bonds. The number of benzene rings is 2. The highest BCUT2D eigenvalue weighted by Crippen LogP contribution is 2.25. The van der Waals surface area contributed by atoms with Crippen molar-refractivity contribution in [1.29, 1.82) is 0 Å². The molecule has 0 spiro atoms. The van der Waals surface area contributed by atoms with Crippen LogP contribution in [0, 0.1) is 0 Å². The van der Waals surface area contributed by atoms with Crippen molar-refractivity contribution in [3.63, 3.8) is 0 Å². The van der Waals surface area contributed by atoms with Crippen LogP contribution in [0.2, 0.25) is 0 Å². The van der Waals surface area contributed by atoms with Crippen LogP contribution >= 0.6 is 0 Å². The van der Waals surface area contributed by atoms with Gasteiger partial charge in [-0.05, 0) is 37.1 Å². The lowest BCUT2D eigenvalue weighted by atomic mass is 10.1. The molecule has 10 heteroatoms. The van der Waals surface area contributed by atoms with Gasteiger partial charge in [0.1, 0.15) is 33.4 Å². The van der Waals surface area contributed by atoms with Crippen LogP contribution in [0.15, 0.2) is 67.0 Å². The van der Waals surface area contributed by atoms with Crippen LogP contribution < -0.4 is 20.3 Å². The van der Waals surface area contributed by atoms with Crippen LogP contribution in [0.3, 0.4) is 0 Å². The molecule has 2 aromatic heterocycles. The minimum absolute atomic E-state index is 0.170.